The topological polar surface area (TPSA) is 29.0 Å². The SMILES string of the molecule is CN(CC1CCCC1)c1ncns1. The van der Waals surface area contributed by atoms with Crippen molar-refractivity contribution in [2.24, 2.45) is 5.92 Å². The first kappa shape index (κ1) is 8.94. The van der Waals surface area contributed by atoms with Gasteiger partial charge in [-0.1, -0.05) is 12.8 Å². The van der Waals surface area contributed by atoms with Gasteiger partial charge in [-0.25, -0.2) is 4.98 Å². The predicted molar refractivity (Wildman–Crippen MR) is 55.1 cm³/mol. The van der Waals surface area contributed by atoms with E-state index in [-0.39, 0.29) is 0 Å². The Balaban J connectivity index is 1.87. The second-order valence-electron chi connectivity index (χ2n) is 3.75. The molecule has 0 aliphatic heterocycles. The molecule has 2 rings (SSSR count). The Morgan fingerprint density at radius 2 is 2.31 bits per heavy atom. The van der Waals surface area contributed by atoms with E-state index in [4.69, 9.17) is 0 Å². The van der Waals surface area contributed by atoms with Crippen molar-refractivity contribution in [2.75, 3.05) is 18.5 Å². The number of aromatic nitrogens is 2. The van der Waals surface area contributed by atoms with Crippen molar-refractivity contribution in [3.8, 4) is 0 Å². The largest absolute Gasteiger partial charge is 0.350 e. The lowest BCUT2D eigenvalue weighted by Crippen LogP contribution is -2.23. The summed E-state index contributed by atoms with van der Waals surface area (Å²) < 4.78 is 4.01. The lowest BCUT2D eigenvalue weighted by Gasteiger charge is -2.19. The van der Waals surface area contributed by atoms with Gasteiger partial charge < -0.3 is 4.90 Å². The van der Waals surface area contributed by atoms with E-state index in [9.17, 15) is 0 Å². The summed E-state index contributed by atoms with van der Waals surface area (Å²) in [5, 5.41) is 1.05. The van der Waals surface area contributed by atoms with Gasteiger partial charge in [0, 0.05) is 25.1 Å². The number of hydrogen-bond acceptors (Lipinski definition) is 4. The molecule has 0 bridgehead atoms. The standard InChI is InChI=1S/C9H15N3S/c1-12(9-10-7-11-13-9)6-8-4-2-3-5-8/h7-8H,2-6H2,1H3. The molecule has 3 nitrogen and oxygen atoms in total. The molecule has 0 saturated heterocycles. The first-order valence-corrected chi connectivity index (χ1v) is 5.61. The van der Waals surface area contributed by atoms with Gasteiger partial charge in [0.15, 0.2) is 0 Å². The highest BCUT2D eigenvalue weighted by Crippen LogP contribution is 2.26. The highest BCUT2D eigenvalue weighted by molar-refractivity contribution is 7.09. The molecule has 13 heavy (non-hydrogen) atoms. The fourth-order valence-corrected chi connectivity index (χ4v) is 2.49. The lowest BCUT2D eigenvalue weighted by atomic mass is 10.1. The Kier molecular flexibility index (Phi) is 2.78. The second kappa shape index (κ2) is 4.05. The van der Waals surface area contributed by atoms with Gasteiger partial charge in [0.25, 0.3) is 0 Å². The van der Waals surface area contributed by atoms with Crippen LogP contribution in [0.3, 0.4) is 0 Å². The maximum absolute atomic E-state index is 4.19. The molecule has 1 aromatic rings. The average Bonchev–Trinajstić information content (AvgIpc) is 2.74. The van der Waals surface area contributed by atoms with Crippen LogP contribution in [0.4, 0.5) is 5.13 Å². The smallest absolute Gasteiger partial charge is 0.204 e. The Labute approximate surface area is 83.0 Å². The van der Waals surface area contributed by atoms with Crippen molar-refractivity contribution in [1.29, 1.82) is 0 Å². The molecule has 1 heterocycles. The van der Waals surface area contributed by atoms with E-state index in [0.717, 1.165) is 17.6 Å². The Bertz CT molecular complexity index is 241. The Morgan fingerprint density at radius 1 is 1.54 bits per heavy atom. The fourth-order valence-electron chi connectivity index (χ4n) is 1.99. The van der Waals surface area contributed by atoms with E-state index in [1.54, 1.807) is 6.33 Å². The normalized spacial score (nSPS) is 17.9. The Hall–Kier alpha value is -0.640. The summed E-state index contributed by atoms with van der Waals surface area (Å²) in [5.74, 6) is 0.883. The minimum Gasteiger partial charge on any atom is -0.350 e. The molecule has 1 fully saturated rings. The maximum Gasteiger partial charge on any atom is 0.204 e. The summed E-state index contributed by atoms with van der Waals surface area (Å²) in [5.41, 5.74) is 0. The number of nitrogens with zero attached hydrogens (tertiary/aromatic N) is 3. The molecule has 1 saturated carbocycles. The van der Waals surface area contributed by atoms with Gasteiger partial charge in [0.05, 0.1) is 0 Å². The van der Waals surface area contributed by atoms with Crippen LogP contribution in [-0.2, 0) is 0 Å². The zero-order valence-electron chi connectivity index (χ0n) is 7.94. The van der Waals surface area contributed by atoms with Gasteiger partial charge in [-0.05, 0) is 18.8 Å². The first-order chi connectivity index (χ1) is 6.36. The summed E-state index contributed by atoms with van der Waals surface area (Å²) in [4.78, 5) is 6.42. The fraction of sp³-hybridized carbons (Fsp3) is 0.778. The van der Waals surface area contributed by atoms with Crippen molar-refractivity contribution >= 4 is 16.7 Å². The molecule has 0 amide bonds. The van der Waals surface area contributed by atoms with Gasteiger partial charge in [0.1, 0.15) is 6.33 Å². The van der Waals surface area contributed by atoms with Crippen LogP contribution >= 0.6 is 11.5 Å². The van der Waals surface area contributed by atoms with Crippen molar-refractivity contribution < 1.29 is 0 Å². The summed E-state index contributed by atoms with van der Waals surface area (Å²) in [6.45, 7) is 1.15. The summed E-state index contributed by atoms with van der Waals surface area (Å²) in [6.07, 6.45) is 7.24. The molecule has 0 unspecified atom stereocenters. The van der Waals surface area contributed by atoms with E-state index >= 15 is 0 Å². The van der Waals surface area contributed by atoms with E-state index in [1.165, 1.54) is 37.2 Å². The molecule has 0 aromatic carbocycles. The quantitative estimate of drug-likeness (QED) is 0.743. The molecule has 0 radical (unpaired) electrons. The molecule has 1 aliphatic carbocycles. The van der Waals surface area contributed by atoms with Crippen LogP contribution in [-0.4, -0.2) is 22.9 Å². The maximum atomic E-state index is 4.19. The highest BCUT2D eigenvalue weighted by atomic mass is 32.1. The van der Waals surface area contributed by atoms with Crippen LogP contribution in [0.25, 0.3) is 0 Å². The van der Waals surface area contributed by atoms with Gasteiger partial charge in [-0.2, -0.15) is 4.37 Å². The summed E-state index contributed by atoms with van der Waals surface area (Å²) in [7, 11) is 2.11. The average molecular weight is 197 g/mol. The molecule has 1 aliphatic rings. The van der Waals surface area contributed by atoms with Crippen LogP contribution in [0.15, 0.2) is 6.33 Å². The third-order valence-corrected chi connectivity index (χ3v) is 3.46. The molecule has 72 valence electrons. The van der Waals surface area contributed by atoms with Crippen molar-refractivity contribution in [3.63, 3.8) is 0 Å². The number of rotatable bonds is 3. The van der Waals surface area contributed by atoms with Crippen LogP contribution in [0, 0.1) is 5.92 Å². The van der Waals surface area contributed by atoms with E-state index in [1.807, 2.05) is 0 Å². The third kappa shape index (κ3) is 2.18. The van der Waals surface area contributed by atoms with Gasteiger partial charge in [-0.3, -0.25) is 0 Å². The lowest BCUT2D eigenvalue weighted by molar-refractivity contribution is 0.546. The monoisotopic (exact) mass is 197 g/mol. The van der Waals surface area contributed by atoms with Gasteiger partial charge in [-0.15, -0.1) is 0 Å². The molecular weight excluding hydrogens is 182 g/mol. The predicted octanol–water partition coefficient (Wildman–Crippen LogP) is 2.16. The Morgan fingerprint density at radius 3 is 2.92 bits per heavy atom. The molecular formula is C9H15N3S. The van der Waals surface area contributed by atoms with E-state index in [0.29, 0.717) is 0 Å². The van der Waals surface area contributed by atoms with Crippen LogP contribution < -0.4 is 4.90 Å². The molecule has 0 atom stereocenters. The van der Waals surface area contributed by atoms with Gasteiger partial charge in [0.2, 0.25) is 5.13 Å². The van der Waals surface area contributed by atoms with Crippen molar-refractivity contribution in [1.82, 2.24) is 9.36 Å². The molecule has 4 heteroatoms. The number of hydrogen-bond donors (Lipinski definition) is 0. The van der Waals surface area contributed by atoms with E-state index < -0.39 is 0 Å². The zero-order chi connectivity index (χ0) is 9.10. The van der Waals surface area contributed by atoms with Crippen molar-refractivity contribution in [2.45, 2.75) is 25.7 Å². The highest BCUT2D eigenvalue weighted by Gasteiger charge is 2.17. The minimum absolute atomic E-state index is 0.883. The first-order valence-electron chi connectivity index (χ1n) is 4.84. The summed E-state index contributed by atoms with van der Waals surface area (Å²) >= 11 is 1.48. The van der Waals surface area contributed by atoms with Crippen LogP contribution in [0.5, 0.6) is 0 Å². The van der Waals surface area contributed by atoms with Crippen LogP contribution in [0.1, 0.15) is 25.7 Å². The second-order valence-corrected chi connectivity index (χ2v) is 4.51. The van der Waals surface area contributed by atoms with Crippen molar-refractivity contribution in [3.05, 3.63) is 6.33 Å². The molecule has 1 aromatic heterocycles. The van der Waals surface area contributed by atoms with Crippen LogP contribution in [0.2, 0.25) is 0 Å². The summed E-state index contributed by atoms with van der Waals surface area (Å²) in [6, 6.07) is 0. The van der Waals surface area contributed by atoms with E-state index in [2.05, 4.69) is 21.3 Å². The number of anilines is 1. The third-order valence-electron chi connectivity index (χ3n) is 2.68. The molecule has 0 spiro atoms. The molecule has 0 N–H and O–H groups in total. The minimum atomic E-state index is 0.883. The van der Waals surface area contributed by atoms with Gasteiger partial charge >= 0.3 is 0 Å². The zero-order valence-corrected chi connectivity index (χ0v) is 8.76.